The number of nitrogens with zero attached hydrogens (tertiary/aromatic N) is 1. The number of para-hydroxylation sites is 1. The van der Waals surface area contributed by atoms with E-state index in [9.17, 15) is 15.0 Å². The molecule has 0 aliphatic carbocycles. The van der Waals surface area contributed by atoms with Gasteiger partial charge in [0.25, 0.3) is 0 Å². The normalized spacial score (nSPS) is 16.5. The maximum absolute atomic E-state index is 12.4. The Hall–Kier alpha value is -3.19. The maximum atomic E-state index is 12.4. The van der Waals surface area contributed by atoms with E-state index in [2.05, 4.69) is 4.99 Å². The molecule has 0 saturated heterocycles. The van der Waals surface area contributed by atoms with Gasteiger partial charge in [-0.05, 0) is 50.3 Å². The lowest BCUT2D eigenvalue weighted by Gasteiger charge is -2.05. The minimum atomic E-state index is -0.650. The number of hydrogen-bond acceptors (Lipinski definition) is 7. The highest BCUT2D eigenvalue weighted by Gasteiger charge is 2.33. The van der Waals surface area contributed by atoms with E-state index in [0.29, 0.717) is 27.8 Å². The monoisotopic (exact) mass is 411 g/mol. The van der Waals surface area contributed by atoms with Gasteiger partial charge in [-0.2, -0.15) is 0 Å². The van der Waals surface area contributed by atoms with Gasteiger partial charge in [0.15, 0.2) is 0 Å². The fraction of sp³-hybridized carbons (Fsp3) is 0.182. The van der Waals surface area contributed by atoms with Gasteiger partial charge in [-0.15, -0.1) is 0 Å². The molecule has 2 aromatic rings. The first-order valence-electron chi connectivity index (χ1n) is 9.13. The first-order valence-corrected chi connectivity index (χ1v) is 9.95. The number of benzene rings is 2. The van der Waals surface area contributed by atoms with Gasteiger partial charge in [0.1, 0.15) is 27.9 Å². The molecule has 0 saturated carbocycles. The molecule has 0 bridgehead atoms. The molecule has 0 amide bonds. The highest BCUT2D eigenvalue weighted by Crippen LogP contribution is 2.41. The number of aliphatic hydroxyl groups excluding tert-OH is 1. The van der Waals surface area contributed by atoms with Gasteiger partial charge in [-0.3, -0.25) is 0 Å². The van der Waals surface area contributed by atoms with E-state index < -0.39 is 5.97 Å². The van der Waals surface area contributed by atoms with Crippen LogP contribution in [0.25, 0.3) is 6.08 Å². The highest BCUT2D eigenvalue weighted by molar-refractivity contribution is 8.18. The fourth-order valence-electron chi connectivity index (χ4n) is 2.64. The number of hydrogen-bond donors (Lipinski definition) is 2. The van der Waals surface area contributed by atoms with Crippen molar-refractivity contribution in [3.05, 3.63) is 70.3 Å². The smallest absolute Gasteiger partial charge is 0.344 e. The highest BCUT2D eigenvalue weighted by atomic mass is 32.2. The second-order valence-corrected chi connectivity index (χ2v) is 6.99. The van der Waals surface area contributed by atoms with Crippen molar-refractivity contribution in [3.8, 4) is 11.5 Å². The molecular formula is C22H21NO5S. The van der Waals surface area contributed by atoms with E-state index in [0.717, 1.165) is 17.5 Å². The first kappa shape index (κ1) is 20.5. The zero-order chi connectivity index (χ0) is 20.8. The number of esters is 1. The predicted octanol–water partition coefficient (Wildman–Crippen LogP) is 4.98. The van der Waals surface area contributed by atoms with Crippen molar-refractivity contribution in [2.75, 3.05) is 13.2 Å². The Balaban J connectivity index is 2.00. The zero-order valence-electron chi connectivity index (χ0n) is 16.1. The van der Waals surface area contributed by atoms with Crippen LogP contribution in [0.15, 0.2) is 69.8 Å². The number of phenolic OH excluding ortho intramolecular Hbond substituents is 1. The molecular weight excluding hydrogens is 390 g/mol. The summed E-state index contributed by atoms with van der Waals surface area (Å²) >= 11 is 1.14. The Morgan fingerprint density at radius 1 is 1.07 bits per heavy atom. The van der Waals surface area contributed by atoms with E-state index in [4.69, 9.17) is 9.47 Å². The molecule has 2 aromatic carbocycles. The molecule has 0 spiro atoms. The molecule has 1 heterocycles. The SMILES string of the molecule is CCOC(=O)C1=C(O)C(=Cc2ccccc2O)SC1=Nc1ccc(OCC)cc1. The van der Waals surface area contributed by atoms with Crippen molar-refractivity contribution in [2.24, 2.45) is 4.99 Å². The lowest BCUT2D eigenvalue weighted by molar-refractivity contribution is -0.138. The van der Waals surface area contributed by atoms with Crippen molar-refractivity contribution >= 4 is 34.5 Å². The summed E-state index contributed by atoms with van der Waals surface area (Å²) in [6.45, 7) is 4.34. The Bertz CT molecular complexity index is 993. The predicted molar refractivity (Wildman–Crippen MR) is 115 cm³/mol. The minimum Gasteiger partial charge on any atom is -0.507 e. The second kappa shape index (κ2) is 9.34. The van der Waals surface area contributed by atoms with Gasteiger partial charge in [0, 0.05) is 5.56 Å². The molecule has 0 fully saturated rings. The summed E-state index contributed by atoms with van der Waals surface area (Å²) in [5.41, 5.74) is 1.13. The van der Waals surface area contributed by atoms with E-state index in [1.807, 2.05) is 6.92 Å². The van der Waals surface area contributed by atoms with Gasteiger partial charge >= 0.3 is 5.97 Å². The van der Waals surface area contributed by atoms with E-state index in [1.165, 1.54) is 0 Å². The number of aromatic hydroxyl groups is 1. The molecule has 1 aliphatic rings. The Kier molecular flexibility index (Phi) is 6.61. The molecule has 0 atom stereocenters. The molecule has 0 aromatic heterocycles. The number of rotatable bonds is 6. The number of carbonyl (C=O) groups excluding carboxylic acids is 1. The Morgan fingerprint density at radius 3 is 2.45 bits per heavy atom. The van der Waals surface area contributed by atoms with Crippen LogP contribution in [0.4, 0.5) is 5.69 Å². The molecule has 29 heavy (non-hydrogen) atoms. The number of aliphatic hydroxyl groups is 1. The standard InChI is InChI=1S/C22H21NO5S/c1-3-27-16-11-9-15(10-12-16)23-21-19(22(26)28-4-2)20(25)18(29-21)13-14-7-5-6-8-17(14)24/h5-13,24-25H,3-4H2,1-2H3. The molecule has 0 unspecified atom stereocenters. The molecule has 0 radical (unpaired) electrons. The van der Waals surface area contributed by atoms with Crippen molar-refractivity contribution in [2.45, 2.75) is 13.8 Å². The van der Waals surface area contributed by atoms with Crippen LogP contribution >= 0.6 is 11.8 Å². The summed E-state index contributed by atoms with van der Waals surface area (Å²) in [5.74, 6) is -0.0769. The molecule has 1 aliphatic heterocycles. The van der Waals surface area contributed by atoms with Crippen LogP contribution in [-0.2, 0) is 9.53 Å². The second-order valence-electron chi connectivity index (χ2n) is 5.96. The van der Waals surface area contributed by atoms with Crippen LogP contribution < -0.4 is 4.74 Å². The van der Waals surface area contributed by atoms with Gasteiger partial charge < -0.3 is 19.7 Å². The first-order chi connectivity index (χ1) is 14.0. The van der Waals surface area contributed by atoms with E-state index in [1.54, 1.807) is 61.5 Å². The number of aliphatic imine (C=N–C) groups is 1. The van der Waals surface area contributed by atoms with Crippen molar-refractivity contribution in [1.82, 2.24) is 0 Å². The molecule has 2 N–H and O–H groups in total. The molecule has 3 rings (SSSR count). The maximum Gasteiger partial charge on any atom is 0.344 e. The fourth-order valence-corrected chi connectivity index (χ4v) is 3.67. The van der Waals surface area contributed by atoms with Crippen molar-refractivity contribution < 1.29 is 24.5 Å². The average Bonchev–Trinajstić information content (AvgIpc) is 3.00. The third-order valence-electron chi connectivity index (χ3n) is 3.97. The summed E-state index contributed by atoms with van der Waals surface area (Å²) in [6.07, 6.45) is 1.61. The quantitative estimate of drug-likeness (QED) is 0.652. The zero-order valence-corrected chi connectivity index (χ0v) is 16.9. The molecule has 7 heteroatoms. The van der Waals surface area contributed by atoms with Crippen LogP contribution in [0.1, 0.15) is 19.4 Å². The summed E-state index contributed by atoms with van der Waals surface area (Å²) in [6, 6.07) is 13.8. The van der Waals surface area contributed by atoms with Gasteiger partial charge in [0.2, 0.25) is 0 Å². The minimum absolute atomic E-state index is 0.00686. The van der Waals surface area contributed by atoms with E-state index in [-0.39, 0.29) is 23.7 Å². The lowest BCUT2D eigenvalue weighted by Crippen LogP contribution is -2.12. The van der Waals surface area contributed by atoms with E-state index >= 15 is 0 Å². The third kappa shape index (κ3) is 4.81. The average molecular weight is 411 g/mol. The lowest BCUT2D eigenvalue weighted by atomic mass is 10.1. The number of ether oxygens (including phenoxy) is 2. The van der Waals surface area contributed by atoms with Crippen molar-refractivity contribution in [3.63, 3.8) is 0 Å². The summed E-state index contributed by atoms with van der Waals surface area (Å²) in [7, 11) is 0. The van der Waals surface area contributed by atoms with Crippen LogP contribution in [0.3, 0.4) is 0 Å². The topological polar surface area (TPSA) is 88.4 Å². The number of carbonyl (C=O) groups is 1. The van der Waals surface area contributed by atoms with Crippen LogP contribution in [0.5, 0.6) is 11.5 Å². The van der Waals surface area contributed by atoms with Crippen LogP contribution in [0, 0.1) is 0 Å². The Labute approximate surface area is 173 Å². The number of phenols is 1. The van der Waals surface area contributed by atoms with Gasteiger partial charge in [0.05, 0.1) is 23.8 Å². The largest absolute Gasteiger partial charge is 0.507 e. The summed E-state index contributed by atoms with van der Waals surface area (Å²) in [4.78, 5) is 17.3. The van der Waals surface area contributed by atoms with Gasteiger partial charge in [-0.1, -0.05) is 30.0 Å². The summed E-state index contributed by atoms with van der Waals surface area (Å²) in [5, 5.41) is 21.0. The molecule has 150 valence electrons. The van der Waals surface area contributed by atoms with Gasteiger partial charge in [-0.25, -0.2) is 9.79 Å². The molecule has 6 nitrogen and oxygen atoms in total. The van der Waals surface area contributed by atoms with Crippen LogP contribution in [-0.4, -0.2) is 34.4 Å². The van der Waals surface area contributed by atoms with Crippen LogP contribution in [0.2, 0.25) is 0 Å². The number of thioether (sulfide) groups is 1. The summed E-state index contributed by atoms with van der Waals surface area (Å²) < 4.78 is 10.5. The Morgan fingerprint density at radius 2 is 1.79 bits per heavy atom. The van der Waals surface area contributed by atoms with Crippen molar-refractivity contribution in [1.29, 1.82) is 0 Å². The third-order valence-corrected chi connectivity index (χ3v) is 4.99.